The van der Waals surface area contributed by atoms with E-state index in [0.29, 0.717) is 11.7 Å². The molecule has 0 saturated carbocycles. The summed E-state index contributed by atoms with van der Waals surface area (Å²) >= 11 is 0. The van der Waals surface area contributed by atoms with Crippen LogP contribution in [0.25, 0.3) is 11.4 Å². The summed E-state index contributed by atoms with van der Waals surface area (Å²) in [5.74, 6) is 2.99. The highest BCUT2D eigenvalue weighted by Gasteiger charge is 2.31. The maximum Gasteiger partial charge on any atom is 0.244 e. The number of nitrogens with one attached hydrogen (secondary N) is 1. The smallest absolute Gasteiger partial charge is 0.244 e. The molecule has 24 heavy (non-hydrogen) atoms. The van der Waals surface area contributed by atoms with E-state index in [1.165, 1.54) is 0 Å². The molecule has 0 bridgehead atoms. The molecular weight excluding hydrogens is 306 g/mol. The summed E-state index contributed by atoms with van der Waals surface area (Å²) in [7, 11) is 1.84. The van der Waals surface area contributed by atoms with Crippen molar-refractivity contribution in [1.29, 1.82) is 0 Å². The number of aromatic nitrogens is 3. The van der Waals surface area contributed by atoms with Crippen molar-refractivity contribution in [3.63, 3.8) is 0 Å². The summed E-state index contributed by atoms with van der Waals surface area (Å²) in [5.41, 5.74) is 0.847. The molecule has 0 radical (unpaired) electrons. The minimum absolute atomic E-state index is 0.140. The Hall–Kier alpha value is -2.67. The molecule has 1 aliphatic rings. The van der Waals surface area contributed by atoms with Crippen molar-refractivity contribution in [2.24, 2.45) is 0 Å². The van der Waals surface area contributed by atoms with Gasteiger partial charge in [-0.3, -0.25) is 4.90 Å². The van der Waals surface area contributed by atoms with Gasteiger partial charge < -0.3 is 14.3 Å². The van der Waals surface area contributed by atoms with Crippen molar-refractivity contribution in [3.8, 4) is 11.4 Å². The maximum absolute atomic E-state index is 5.53. The van der Waals surface area contributed by atoms with Gasteiger partial charge in [-0.2, -0.15) is 4.98 Å². The fourth-order valence-electron chi connectivity index (χ4n) is 3.06. The van der Waals surface area contributed by atoms with Gasteiger partial charge in [-0.05, 0) is 43.7 Å². The average molecular weight is 325 g/mol. The van der Waals surface area contributed by atoms with E-state index < -0.39 is 0 Å². The van der Waals surface area contributed by atoms with Gasteiger partial charge in [0, 0.05) is 18.8 Å². The van der Waals surface area contributed by atoms with Crippen molar-refractivity contribution >= 4 is 5.82 Å². The van der Waals surface area contributed by atoms with Gasteiger partial charge in [0.2, 0.25) is 11.7 Å². The first-order valence-corrected chi connectivity index (χ1v) is 8.07. The second-order valence-electron chi connectivity index (χ2n) is 5.85. The van der Waals surface area contributed by atoms with Crippen molar-refractivity contribution in [2.45, 2.75) is 25.4 Å². The van der Waals surface area contributed by atoms with E-state index in [0.717, 1.165) is 43.1 Å². The van der Waals surface area contributed by atoms with Gasteiger partial charge in [0.05, 0.1) is 18.8 Å². The molecule has 3 aromatic rings. The Morgan fingerprint density at radius 3 is 3.04 bits per heavy atom. The van der Waals surface area contributed by atoms with Crippen molar-refractivity contribution in [2.75, 3.05) is 18.9 Å². The number of likely N-dealkylation sites (tertiary alicyclic amines) is 1. The van der Waals surface area contributed by atoms with Gasteiger partial charge in [0.1, 0.15) is 11.6 Å². The molecule has 1 atom stereocenters. The van der Waals surface area contributed by atoms with Crippen LogP contribution in [0.1, 0.15) is 30.5 Å². The molecule has 4 rings (SSSR count). The molecule has 0 unspecified atom stereocenters. The second kappa shape index (κ2) is 6.45. The van der Waals surface area contributed by atoms with Crippen LogP contribution < -0.4 is 5.32 Å². The lowest BCUT2D eigenvalue weighted by Gasteiger charge is -2.19. The van der Waals surface area contributed by atoms with Gasteiger partial charge in [-0.1, -0.05) is 5.16 Å². The minimum Gasteiger partial charge on any atom is -0.468 e. The molecule has 4 heterocycles. The lowest BCUT2D eigenvalue weighted by molar-refractivity contribution is 0.188. The standard InChI is InChI=1S/C17H19N5O2/c1-18-15-7-6-12(10-19-15)16-20-17(24-21-16)14-5-2-8-22(14)11-13-4-3-9-23-13/h3-4,6-7,9-10,14H,2,5,8,11H2,1H3,(H,18,19)/t14-/m1/s1. The van der Waals surface area contributed by atoms with Crippen LogP contribution in [0, 0.1) is 0 Å². The molecule has 0 amide bonds. The lowest BCUT2D eigenvalue weighted by Crippen LogP contribution is -2.22. The van der Waals surface area contributed by atoms with E-state index in [1.54, 1.807) is 12.5 Å². The zero-order chi connectivity index (χ0) is 16.4. The van der Waals surface area contributed by atoms with Crippen LogP contribution in [0.2, 0.25) is 0 Å². The monoisotopic (exact) mass is 325 g/mol. The predicted octanol–water partition coefficient (Wildman–Crippen LogP) is 3.10. The van der Waals surface area contributed by atoms with Crippen molar-refractivity contribution < 1.29 is 8.94 Å². The third-order valence-electron chi connectivity index (χ3n) is 4.31. The fourth-order valence-corrected chi connectivity index (χ4v) is 3.06. The Bertz CT molecular complexity index is 782. The number of nitrogens with zero attached hydrogens (tertiary/aromatic N) is 4. The van der Waals surface area contributed by atoms with Crippen molar-refractivity contribution in [3.05, 3.63) is 48.4 Å². The molecule has 1 saturated heterocycles. The molecular formula is C17H19N5O2. The zero-order valence-corrected chi connectivity index (χ0v) is 13.5. The van der Waals surface area contributed by atoms with Crippen LogP contribution in [0.15, 0.2) is 45.7 Å². The van der Waals surface area contributed by atoms with Gasteiger partial charge in [0.25, 0.3) is 0 Å². The zero-order valence-electron chi connectivity index (χ0n) is 13.5. The number of hydrogen-bond donors (Lipinski definition) is 1. The Morgan fingerprint density at radius 1 is 1.33 bits per heavy atom. The molecule has 124 valence electrons. The summed E-state index contributed by atoms with van der Waals surface area (Å²) in [5, 5.41) is 7.11. The highest BCUT2D eigenvalue weighted by molar-refractivity contribution is 5.55. The van der Waals surface area contributed by atoms with Crippen LogP contribution in [0.5, 0.6) is 0 Å². The topological polar surface area (TPSA) is 80.2 Å². The second-order valence-corrected chi connectivity index (χ2v) is 5.85. The molecule has 1 fully saturated rings. The molecule has 7 nitrogen and oxygen atoms in total. The molecule has 0 aromatic carbocycles. The first-order valence-electron chi connectivity index (χ1n) is 8.07. The molecule has 3 aromatic heterocycles. The summed E-state index contributed by atoms with van der Waals surface area (Å²) in [6, 6.07) is 7.87. The summed E-state index contributed by atoms with van der Waals surface area (Å²) < 4.78 is 11.0. The van der Waals surface area contributed by atoms with Gasteiger partial charge in [-0.15, -0.1) is 0 Å². The number of rotatable bonds is 5. The number of hydrogen-bond acceptors (Lipinski definition) is 7. The SMILES string of the molecule is CNc1ccc(-c2noc([C@H]3CCCN3Cc3ccco3)n2)cn1. The van der Waals surface area contributed by atoms with E-state index in [4.69, 9.17) is 8.94 Å². The summed E-state index contributed by atoms with van der Waals surface area (Å²) in [6.45, 7) is 1.76. The Balaban J connectivity index is 1.52. The first-order chi connectivity index (χ1) is 11.8. The highest BCUT2D eigenvalue weighted by Crippen LogP contribution is 2.33. The number of pyridine rings is 1. The van der Waals surface area contributed by atoms with Crippen molar-refractivity contribution in [1.82, 2.24) is 20.0 Å². The van der Waals surface area contributed by atoms with Crippen LogP contribution in [-0.2, 0) is 6.54 Å². The highest BCUT2D eigenvalue weighted by atomic mass is 16.5. The van der Waals surface area contributed by atoms with Crippen LogP contribution in [-0.4, -0.2) is 33.6 Å². The quantitative estimate of drug-likeness (QED) is 0.772. The molecule has 1 aliphatic heterocycles. The summed E-state index contributed by atoms with van der Waals surface area (Å²) in [6.07, 6.45) is 5.57. The predicted molar refractivity (Wildman–Crippen MR) is 88.2 cm³/mol. The molecule has 1 N–H and O–H groups in total. The van der Waals surface area contributed by atoms with Crippen LogP contribution in [0.3, 0.4) is 0 Å². The minimum atomic E-state index is 0.140. The van der Waals surface area contributed by atoms with Gasteiger partial charge in [0.15, 0.2) is 0 Å². The molecule has 7 heteroatoms. The largest absolute Gasteiger partial charge is 0.468 e. The Kier molecular flexibility index (Phi) is 4.00. The lowest BCUT2D eigenvalue weighted by atomic mass is 10.2. The molecule has 0 aliphatic carbocycles. The number of anilines is 1. The third kappa shape index (κ3) is 2.90. The Labute approximate surface area is 139 Å². The fraction of sp³-hybridized carbons (Fsp3) is 0.353. The van der Waals surface area contributed by atoms with Crippen LogP contribution >= 0.6 is 0 Å². The Morgan fingerprint density at radius 2 is 2.29 bits per heavy atom. The normalized spacial score (nSPS) is 18.1. The van der Waals surface area contributed by atoms with E-state index in [-0.39, 0.29) is 6.04 Å². The van der Waals surface area contributed by atoms with E-state index in [1.807, 2.05) is 31.3 Å². The third-order valence-corrected chi connectivity index (χ3v) is 4.31. The molecule has 0 spiro atoms. The van der Waals surface area contributed by atoms with E-state index >= 15 is 0 Å². The maximum atomic E-state index is 5.53. The van der Waals surface area contributed by atoms with E-state index in [9.17, 15) is 0 Å². The first kappa shape index (κ1) is 14.9. The van der Waals surface area contributed by atoms with Crippen LogP contribution in [0.4, 0.5) is 5.82 Å². The van der Waals surface area contributed by atoms with Gasteiger partial charge in [-0.25, -0.2) is 4.98 Å². The van der Waals surface area contributed by atoms with E-state index in [2.05, 4.69) is 25.3 Å². The summed E-state index contributed by atoms with van der Waals surface area (Å²) in [4.78, 5) is 11.2. The van der Waals surface area contributed by atoms with Gasteiger partial charge >= 0.3 is 0 Å². The number of furan rings is 1. The average Bonchev–Trinajstić information content (AvgIpc) is 3.37.